The van der Waals surface area contributed by atoms with Crippen molar-refractivity contribution >= 4 is 15.5 Å². The Hall–Kier alpha value is -0.653. The maximum Gasteiger partial charge on any atom is 0.333 e. The highest BCUT2D eigenvalue weighted by atomic mass is 28.2. The number of ether oxygens (including phenoxy) is 1. The summed E-state index contributed by atoms with van der Waals surface area (Å²) in [5.41, 5.74) is 0.453. The van der Waals surface area contributed by atoms with Gasteiger partial charge in [0.15, 0.2) is 0 Å². The van der Waals surface area contributed by atoms with Crippen molar-refractivity contribution < 1.29 is 19.3 Å². The monoisotopic (exact) mass is 218 g/mol. The predicted octanol–water partition coefficient (Wildman–Crippen LogP) is 0.689. The largest absolute Gasteiger partial charge is 0.463 e. The minimum atomic E-state index is -0.299. The van der Waals surface area contributed by atoms with Gasteiger partial charge in [-0.2, -0.15) is 0 Å². The van der Waals surface area contributed by atoms with E-state index in [0.29, 0.717) is 18.8 Å². The number of hydrogen-bond acceptors (Lipinski definition) is 4. The van der Waals surface area contributed by atoms with Crippen molar-refractivity contribution in [3.8, 4) is 0 Å². The molecule has 0 saturated heterocycles. The summed E-state index contributed by atoms with van der Waals surface area (Å²) in [7, 11) is 1.31. The summed E-state index contributed by atoms with van der Waals surface area (Å²) in [5, 5.41) is 0. The maximum absolute atomic E-state index is 10.9. The third kappa shape index (κ3) is 7.97. The van der Waals surface area contributed by atoms with Crippen molar-refractivity contribution in [3.05, 3.63) is 12.2 Å². The van der Waals surface area contributed by atoms with Crippen LogP contribution >= 0.6 is 0 Å². The highest BCUT2D eigenvalue weighted by Gasteiger charge is 2.01. The van der Waals surface area contributed by atoms with E-state index in [2.05, 4.69) is 11.5 Å². The average Bonchev–Trinajstić information content (AvgIpc) is 2.16. The van der Waals surface area contributed by atoms with E-state index in [1.54, 1.807) is 6.92 Å². The molecule has 0 aliphatic rings. The minimum Gasteiger partial charge on any atom is -0.463 e. The highest BCUT2D eigenvalue weighted by Crippen LogP contribution is 1.94. The molecule has 0 aromatic heterocycles. The van der Waals surface area contributed by atoms with E-state index < -0.39 is 0 Å². The van der Waals surface area contributed by atoms with Crippen molar-refractivity contribution in [2.75, 3.05) is 20.3 Å². The quantitative estimate of drug-likeness (QED) is 0.150. The van der Waals surface area contributed by atoms with Gasteiger partial charge in [-0.1, -0.05) is 6.58 Å². The van der Waals surface area contributed by atoms with Crippen LogP contribution in [0.2, 0.25) is 12.1 Å². The van der Waals surface area contributed by atoms with Crippen LogP contribution in [0, 0.1) is 0 Å². The second-order valence-electron chi connectivity index (χ2n) is 2.97. The third-order valence-electron chi connectivity index (χ3n) is 1.57. The third-order valence-corrected chi connectivity index (χ3v) is 3.15. The lowest BCUT2D eigenvalue weighted by atomic mass is 10.4. The van der Waals surface area contributed by atoms with E-state index in [-0.39, 0.29) is 15.5 Å². The fraction of sp³-hybridized carbons (Fsp3) is 0.667. The van der Waals surface area contributed by atoms with Crippen LogP contribution in [0.5, 0.6) is 0 Å². The SMILES string of the molecule is C=C(C)C(=O)OCC[SiH2]CCOOC. The van der Waals surface area contributed by atoms with Crippen molar-refractivity contribution in [1.82, 2.24) is 0 Å². The Labute approximate surface area is 87.0 Å². The van der Waals surface area contributed by atoms with Crippen molar-refractivity contribution in [3.63, 3.8) is 0 Å². The van der Waals surface area contributed by atoms with Gasteiger partial charge in [-0.3, -0.25) is 0 Å². The fourth-order valence-electron chi connectivity index (χ4n) is 0.811. The lowest BCUT2D eigenvalue weighted by molar-refractivity contribution is -0.268. The fourth-order valence-corrected chi connectivity index (χ4v) is 1.84. The molecule has 82 valence electrons. The van der Waals surface area contributed by atoms with Gasteiger partial charge in [-0.25, -0.2) is 14.6 Å². The summed E-state index contributed by atoms with van der Waals surface area (Å²) in [6, 6.07) is 2.02. The number of rotatable bonds is 8. The zero-order valence-electron chi connectivity index (χ0n) is 8.88. The van der Waals surface area contributed by atoms with E-state index in [4.69, 9.17) is 9.62 Å². The van der Waals surface area contributed by atoms with Crippen LogP contribution in [0.25, 0.3) is 0 Å². The standard InChI is InChI=1S/C9H18O4Si/c1-8(2)9(10)12-4-6-14-7-5-13-11-3/h1,4-7,14H2,2-3H3. The lowest BCUT2D eigenvalue weighted by Gasteiger charge is -2.03. The van der Waals surface area contributed by atoms with Crippen LogP contribution in [-0.2, 0) is 19.3 Å². The molecule has 0 amide bonds. The average molecular weight is 218 g/mol. The first-order chi connectivity index (χ1) is 6.68. The Morgan fingerprint density at radius 3 is 2.57 bits per heavy atom. The molecule has 0 spiro atoms. The molecule has 0 rings (SSSR count). The molecule has 0 aromatic carbocycles. The second-order valence-corrected chi connectivity index (χ2v) is 5.09. The Balaban J connectivity index is 3.13. The van der Waals surface area contributed by atoms with Crippen LogP contribution in [-0.4, -0.2) is 35.8 Å². The van der Waals surface area contributed by atoms with E-state index in [1.165, 1.54) is 7.11 Å². The number of carbonyl (C=O) groups excluding carboxylic acids is 1. The topological polar surface area (TPSA) is 44.8 Å². The van der Waals surface area contributed by atoms with Crippen LogP contribution in [0.1, 0.15) is 6.92 Å². The van der Waals surface area contributed by atoms with E-state index in [1.807, 2.05) is 0 Å². The molecular formula is C9H18O4Si. The molecular weight excluding hydrogens is 200 g/mol. The van der Waals surface area contributed by atoms with Gasteiger partial charge < -0.3 is 4.74 Å². The molecule has 0 radical (unpaired) electrons. The van der Waals surface area contributed by atoms with Crippen LogP contribution < -0.4 is 0 Å². The molecule has 14 heavy (non-hydrogen) atoms. The molecule has 0 bridgehead atoms. The zero-order chi connectivity index (χ0) is 10.8. The van der Waals surface area contributed by atoms with E-state index in [9.17, 15) is 4.79 Å². The molecule has 0 aromatic rings. The summed E-state index contributed by atoms with van der Waals surface area (Å²) in [6.07, 6.45) is 0. The Kier molecular flexibility index (Phi) is 8.51. The molecule has 0 heterocycles. The smallest absolute Gasteiger partial charge is 0.333 e. The summed E-state index contributed by atoms with van der Waals surface area (Å²) in [6.45, 7) is 6.28. The summed E-state index contributed by atoms with van der Waals surface area (Å²) >= 11 is 0. The van der Waals surface area contributed by atoms with E-state index in [0.717, 1.165) is 12.1 Å². The van der Waals surface area contributed by atoms with Gasteiger partial charge in [0, 0.05) is 15.1 Å². The first kappa shape index (κ1) is 13.3. The van der Waals surface area contributed by atoms with Crippen molar-refractivity contribution in [2.45, 2.75) is 19.0 Å². The normalized spacial score (nSPS) is 10.7. The van der Waals surface area contributed by atoms with Gasteiger partial charge in [0.2, 0.25) is 0 Å². The molecule has 0 unspecified atom stereocenters. The number of carbonyl (C=O) groups is 1. The summed E-state index contributed by atoms with van der Waals surface area (Å²) in [4.78, 5) is 20.1. The van der Waals surface area contributed by atoms with Gasteiger partial charge in [0.05, 0.1) is 20.3 Å². The summed E-state index contributed by atoms with van der Waals surface area (Å²) < 4.78 is 4.93. The predicted molar refractivity (Wildman–Crippen MR) is 56.9 cm³/mol. The molecule has 0 aliphatic heterocycles. The first-order valence-corrected chi connectivity index (χ1v) is 6.66. The molecule has 0 atom stereocenters. The molecule has 0 N–H and O–H groups in total. The van der Waals surface area contributed by atoms with Crippen LogP contribution in [0.15, 0.2) is 12.2 Å². The van der Waals surface area contributed by atoms with Crippen molar-refractivity contribution in [1.29, 1.82) is 0 Å². The molecule has 0 saturated carbocycles. The van der Waals surface area contributed by atoms with Gasteiger partial charge in [-0.15, -0.1) is 0 Å². The van der Waals surface area contributed by atoms with E-state index >= 15 is 0 Å². The number of esters is 1. The minimum absolute atomic E-state index is 0.188. The van der Waals surface area contributed by atoms with Gasteiger partial charge in [0.1, 0.15) is 0 Å². The highest BCUT2D eigenvalue weighted by molar-refractivity contribution is 6.35. The van der Waals surface area contributed by atoms with Crippen LogP contribution in [0.4, 0.5) is 0 Å². The Bertz CT molecular complexity index is 182. The van der Waals surface area contributed by atoms with Gasteiger partial charge >= 0.3 is 5.97 Å². The maximum atomic E-state index is 10.9. The van der Waals surface area contributed by atoms with Crippen LogP contribution in [0.3, 0.4) is 0 Å². The molecule has 0 fully saturated rings. The molecule has 4 nitrogen and oxygen atoms in total. The number of hydrogen-bond donors (Lipinski definition) is 0. The zero-order valence-corrected chi connectivity index (χ0v) is 10.3. The van der Waals surface area contributed by atoms with Gasteiger partial charge in [0.25, 0.3) is 0 Å². The first-order valence-electron chi connectivity index (χ1n) is 4.66. The van der Waals surface area contributed by atoms with Crippen molar-refractivity contribution in [2.24, 2.45) is 0 Å². The molecule has 5 heteroatoms. The Morgan fingerprint density at radius 2 is 2.00 bits per heavy atom. The lowest BCUT2D eigenvalue weighted by Crippen LogP contribution is -2.08. The Morgan fingerprint density at radius 1 is 1.36 bits per heavy atom. The second kappa shape index (κ2) is 8.92. The van der Waals surface area contributed by atoms with Gasteiger partial charge in [-0.05, 0) is 19.0 Å². The molecule has 0 aliphatic carbocycles. The summed E-state index contributed by atoms with van der Waals surface area (Å²) in [5.74, 6) is -0.299.